The van der Waals surface area contributed by atoms with E-state index in [1.165, 1.54) is 30.3 Å². The van der Waals surface area contributed by atoms with Gasteiger partial charge in [0.1, 0.15) is 11.6 Å². The fraction of sp³-hybridized carbons (Fsp3) is 0.133. The second-order valence-corrected chi connectivity index (χ2v) is 6.27. The SMILES string of the molecule is NS(=O)(=O)c1ccc(CNC(=O)COc2cccc(F)c2)cc1. The second kappa shape index (κ2) is 7.21. The zero-order chi connectivity index (χ0) is 16.9. The highest BCUT2D eigenvalue weighted by Crippen LogP contribution is 2.11. The molecule has 0 spiro atoms. The molecule has 0 atom stereocenters. The van der Waals surface area contributed by atoms with Crippen molar-refractivity contribution in [3.05, 3.63) is 59.9 Å². The average molecular weight is 338 g/mol. The Morgan fingerprint density at radius 1 is 1.17 bits per heavy atom. The number of rotatable bonds is 6. The van der Waals surface area contributed by atoms with Gasteiger partial charge >= 0.3 is 0 Å². The predicted molar refractivity (Wildman–Crippen MR) is 81.6 cm³/mol. The van der Waals surface area contributed by atoms with E-state index >= 15 is 0 Å². The molecule has 2 aromatic carbocycles. The van der Waals surface area contributed by atoms with Crippen LogP contribution in [-0.2, 0) is 21.4 Å². The first-order valence-electron chi connectivity index (χ1n) is 6.61. The van der Waals surface area contributed by atoms with Gasteiger partial charge in [-0.2, -0.15) is 0 Å². The topological polar surface area (TPSA) is 98.5 Å². The minimum Gasteiger partial charge on any atom is -0.484 e. The number of halogens is 1. The van der Waals surface area contributed by atoms with E-state index in [9.17, 15) is 17.6 Å². The van der Waals surface area contributed by atoms with Gasteiger partial charge in [0.15, 0.2) is 6.61 Å². The maximum atomic E-state index is 12.9. The molecular formula is C15H15FN2O4S. The van der Waals surface area contributed by atoms with Crippen LogP contribution in [0, 0.1) is 5.82 Å². The molecule has 6 nitrogen and oxygen atoms in total. The average Bonchev–Trinajstić information content (AvgIpc) is 2.50. The number of nitrogens with one attached hydrogen (secondary N) is 1. The van der Waals surface area contributed by atoms with Gasteiger partial charge in [0.2, 0.25) is 10.0 Å². The Kier molecular flexibility index (Phi) is 5.30. The largest absolute Gasteiger partial charge is 0.484 e. The number of benzene rings is 2. The molecule has 2 rings (SSSR count). The molecule has 0 heterocycles. The predicted octanol–water partition coefficient (Wildman–Crippen LogP) is 1.17. The van der Waals surface area contributed by atoms with Crippen LogP contribution in [0.5, 0.6) is 5.75 Å². The van der Waals surface area contributed by atoms with Crippen LogP contribution in [0.25, 0.3) is 0 Å². The van der Waals surface area contributed by atoms with Gasteiger partial charge in [0, 0.05) is 12.6 Å². The lowest BCUT2D eigenvalue weighted by molar-refractivity contribution is -0.123. The van der Waals surface area contributed by atoms with E-state index in [1.807, 2.05) is 0 Å². The van der Waals surface area contributed by atoms with Crippen molar-refractivity contribution >= 4 is 15.9 Å². The van der Waals surface area contributed by atoms with E-state index in [1.54, 1.807) is 18.2 Å². The number of hydrogen-bond donors (Lipinski definition) is 2. The van der Waals surface area contributed by atoms with E-state index < -0.39 is 15.8 Å². The standard InChI is InChI=1S/C15H15FN2O4S/c16-12-2-1-3-13(8-12)22-10-15(19)18-9-11-4-6-14(7-5-11)23(17,20)21/h1-8H,9-10H2,(H,18,19)(H2,17,20,21). The Bertz CT molecular complexity index is 791. The third-order valence-electron chi connectivity index (χ3n) is 2.91. The van der Waals surface area contributed by atoms with Gasteiger partial charge in [-0.05, 0) is 29.8 Å². The highest BCUT2D eigenvalue weighted by molar-refractivity contribution is 7.89. The molecule has 0 radical (unpaired) electrons. The third-order valence-corrected chi connectivity index (χ3v) is 3.84. The van der Waals surface area contributed by atoms with E-state index in [2.05, 4.69) is 5.32 Å². The van der Waals surface area contributed by atoms with Crippen LogP contribution in [0.3, 0.4) is 0 Å². The second-order valence-electron chi connectivity index (χ2n) is 4.71. The maximum absolute atomic E-state index is 12.9. The molecule has 23 heavy (non-hydrogen) atoms. The molecule has 0 saturated carbocycles. The smallest absolute Gasteiger partial charge is 0.258 e. The first-order chi connectivity index (χ1) is 10.8. The molecule has 0 aliphatic rings. The van der Waals surface area contributed by atoms with Crippen LogP contribution >= 0.6 is 0 Å². The van der Waals surface area contributed by atoms with E-state index in [4.69, 9.17) is 9.88 Å². The third kappa shape index (κ3) is 5.35. The monoisotopic (exact) mass is 338 g/mol. The molecule has 0 aliphatic heterocycles. The Morgan fingerprint density at radius 2 is 1.87 bits per heavy atom. The minimum absolute atomic E-state index is 0.00186. The van der Waals surface area contributed by atoms with Crippen molar-refractivity contribution in [1.82, 2.24) is 5.32 Å². The van der Waals surface area contributed by atoms with Crippen molar-refractivity contribution < 1.29 is 22.3 Å². The van der Waals surface area contributed by atoms with Crippen LogP contribution < -0.4 is 15.2 Å². The lowest BCUT2D eigenvalue weighted by Crippen LogP contribution is -2.28. The summed E-state index contributed by atoms with van der Waals surface area (Å²) in [5.41, 5.74) is 0.705. The van der Waals surface area contributed by atoms with Gasteiger partial charge < -0.3 is 10.1 Å². The van der Waals surface area contributed by atoms with Gasteiger partial charge in [-0.1, -0.05) is 18.2 Å². The van der Waals surface area contributed by atoms with Gasteiger partial charge in [0.25, 0.3) is 5.91 Å². The summed E-state index contributed by atoms with van der Waals surface area (Å²) >= 11 is 0. The first-order valence-corrected chi connectivity index (χ1v) is 8.16. The molecule has 0 fully saturated rings. The summed E-state index contributed by atoms with van der Waals surface area (Å²) in [6.07, 6.45) is 0. The molecule has 8 heteroatoms. The lowest BCUT2D eigenvalue weighted by Gasteiger charge is -2.08. The van der Waals surface area contributed by atoms with Gasteiger partial charge in [-0.25, -0.2) is 17.9 Å². The maximum Gasteiger partial charge on any atom is 0.258 e. The van der Waals surface area contributed by atoms with E-state index in [-0.39, 0.29) is 29.7 Å². The summed E-state index contributed by atoms with van der Waals surface area (Å²) < 4.78 is 40.3. The summed E-state index contributed by atoms with van der Waals surface area (Å²) in [5, 5.41) is 7.60. The number of hydrogen-bond acceptors (Lipinski definition) is 4. The highest BCUT2D eigenvalue weighted by Gasteiger charge is 2.07. The quantitative estimate of drug-likeness (QED) is 0.826. The summed E-state index contributed by atoms with van der Waals surface area (Å²) in [4.78, 5) is 11.7. The molecule has 2 aromatic rings. The number of primary sulfonamides is 1. The normalized spacial score (nSPS) is 11.0. The fourth-order valence-electron chi connectivity index (χ4n) is 1.75. The minimum atomic E-state index is -3.73. The number of ether oxygens (including phenoxy) is 1. The van der Waals surface area contributed by atoms with Crippen LogP contribution in [0.4, 0.5) is 4.39 Å². The molecule has 122 valence electrons. The van der Waals surface area contributed by atoms with Crippen LogP contribution in [-0.4, -0.2) is 20.9 Å². The molecule has 1 amide bonds. The molecular weight excluding hydrogens is 323 g/mol. The van der Waals surface area contributed by atoms with Crippen LogP contribution in [0.2, 0.25) is 0 Å². The first kappa shape index (κ1) is 16.9. The lowest BCUT2D eigenvalue weighted by atomic mass is 10.2. The van der Waals surface area contributed by atoms with Crippen molar-refractivity contribution in [3.63, 3.8) is 0 Å². The summed E-state index contributed by atoms with van der Waals surface area (Å²) in [5.74, 6) is -0.569. The molecule has 3 N–H and O–H groups in total. The summed E-state index contributed by atoms with van der Waals surface area (Å²) in [7, 11) is -3.73. The zero-order valence-corrected chi connectivity index (χ0v) is 12.8. The Balaban J connectivity index is 1.82. The molecule has 0 bridgehead atoms. The van der Waals surface area contributed by atoms with Crippen molar-refractivity contribution in [3.8, 4) is 5.75 Å². The van der Waals surface area contributed by atoms with Crippen molar-refractivity contribution in [2.24, 2.45) is 5.14 Å². The van der Waals surface area contributed by atoms with Gasteiger partial charge in [-0.3, -0.25) is 4.79 Å². The fourth-order valence-corrected chi connectivity index (χ4v) is 2.27. The highest BCUT2D eigenvalue weighted by atomic mass is 32.2. The van der Waals surface area contributed by atoms with Crippen molar-refractivity contribution in [2.45, 2.75) is 11.4 Å². The van der Waals surface area contributed by atoms with Gasteiger partial charge in [0.05, 0.1) is 4.90 Å². The van der Waals surface area contributed by atoms with E-state index in [0.717, 1.165) is 0 Å². The zero-order valence-electron chi connectivity index (χ0n) is 12.0. The molecule has 0 aromatic heterocycles. The summed E-state index contributed by atoms with van der Waals surface area (Å²) in [6, 6.07) is 11.3. The Hall–Kier alpha value is -2.45. The number of nitrogens with two attached hydrogens (primary N) is 1. The number of amides is 1. The van der Waals surface area contributed by atoms with Crippen LogP contribution in [0.1, 0.15) is 5.56 Å². The molecule has 0 aliphatic carbocycles. The number of carbonyl (C=O) groups excluding carboxylic acids is 1. The van der Waals surface area contributed by atoms with E-state index in [0.29, 0.717) is 5.56 Å². The van der Waals surface area contributed by atoms with Gasteiger partial charge in [-0.15, -0.1) is 0 Å². The summed E-state index contributed by atoms with van der Waals surface area (Å²) in [6.45, 7) is -0.0467. The van der Waals surface area contributed by atoms with Crippen LogP contribution in [0.15, 0.2) is 53.4 Å². The molecule has 0 unspecified atom stereocenters. The van der Waals surface area contributed by atoms with Crippen molar-refractivity contribution in [1.29, 1.82) is 0 Å². The van der Waals surface area contributed by atoms with Crippen molar-refractivity contribution in [2.75, 3.05) is 6.61 Å². The number of sulfonamides is 1. The Morgan fingerprint density at radius 3 is 2.48 bits per heavy atom. The number of carbonyl (C=O) groups is 1. The molecule has 0 saturated heterocycles. The Labute approximate surface area is 133 Å².